The number of thioether (sulfide) groups is 1. The van der Waals surface area contributed by atoms with E-state index in [0.717, 1.165) is 0 Å². The average Bonchev–Trinajstić information content (AvgIpc) is 2.83. The smallest absolute Gasteiger partial charge is 0.326 e. The van der Waals surface area contributed by atoms with Crippen molar-refractivity contribution in [3.63, 3.8) is 0 Å². The first-order valence-electron chi connectivity index (χ1n) is 10.5. The van der Waals surface area contributed by atoms with Gasteiger partial charge in [-0.25, -0.2) is 4.79 Å². The zero-order valence-electron chi connectivity index (χ0n) is 18.7. The quantitative estimate of drug-likeness (QED) is 0.393. The number of aliphatic carboxylic acids is 1. The second-order valence-corrected chi connectivity index (χ2v) is 8.08. The van der Waals surface area contributed by atoms with Gasteiger partial charge in [0.15, 0.2) is 18.1 Å². The molecule has 3 aromatic rings. The SMILES string of the molecule is CCOc1ccccc1Oc1coc2cc(OCC(=O)NC(CCSC)C(=O)O)ccc2c1=O. The van der Waals surface area contributed by atoms with E-state index in [-0.39, 0.29) is 34.5 Å². The fraction of sp³-hybridized carbons (Fsp3) is 0.292. The molecule has 0 aliphatic heterocycles. The molecule has 2 aromatic carbocycles. The Hall–Kier alpha value is -3.66. The van der Waals surface area contributed by atoms with E-state index in [4.69, 9.17) is 18.6 Å². The van der Waals surface area contributed by atoms with Crippen molar-refractivity contribution in [1.82, 2.24) is 5.32 Å². The minimum Gasteiger partial charge on any atom is -0.490 e. The molecule has 0 aliphatic carbocycles. The number of nitrogens with one attached hydrogen (secondary N) is 1. The first kappa shape index (κ1) is 25.0. The maximum Gasteiger partial charge on any atom is 0.326 e. The summed E-state index contributed by atoms with van der Waals surface area (Å²) >= 11 is 1.49. The molecule has 0 fully saturated rings. The number of rotatable bonds is 12. The van der Waals surface area contributed by atoms with Crippen LogP contribution in [0.25, 0.3) is 11.0 Å². The van der Waals surface area contributed by atoms with Crippen LogP contribution in [0.2, 0.25) is 0 Å². The van der Waals surface area contributed by atoms with E-state index in [0.29, 0.717) is 30.3 Å². The Kier molecular flexibility index (Phi) is 8.80. The Balaban J connectivity index is 1.69. The van der Waals surface area contributed by atoms with Gasteiger partial charge in [0.25, 0.3) is 5.91 Å². The highest BCUT2D eigenvalue weighted by atomic mass is 32.2. The van der Waals surface area contributed by atoms with Crippen LogP contribution in [0.3, 0.4) is 0 Å². The normalized spacial score (nSPS) is 11.6. The van der Waals surface area contributed by atoms with Gasteiger partial charge in [-0.15, -0.1) is 0 Å². The molecule has 0 bridgehead atoms. The summed E-state index contributed by atoms with van der Waals surface area (Å²) in [5.41, 5.74) is -0.133. The Labute approximate surface area is 200 Å². The number of carbonyl (C=O) groups excluding carboxylic acids is 1. The van der Waals surface area contributed by atoms with Crippen LogP contribution in [0.15, 0.2) is 57.9 Å². The van der Waals surface area contributed by atoms with Gasteiger partial charge in [-0.05, 0) is 49.6 Å². The molecule has 9 nitrogen and oxygen atoms in total. The Morgan fingerprint density at radius 2 is 1.88 bits per heavy atom. The van der Waals surface area contributed by atoms with Crippen LogP contribution >= 0.6 is 11.8 Å². The molecule has 1 amide bonds. The second kappa shape index (κ2) is 12.0. The number of carboxylic acid groups (broad SMARTS) is 1. The van der Waals surface area contributed by atoms with Gasteiger partial charge in [-0.1, -0.05) is 12.1 Å². The molecule has 1 atom stereocenters. The Bertz CT molecular complexity index is 1210. The Morgan fingerprint density at radius 1 is 1.12 bits per heavy atom. The highest BCUT2D eigenvalue weighted by Crippen LogP contribution is 2.31. The maximum absolute atomic E-state index is 12.9. The van der Waals surface area contributed by atoms with E-state index in [9.17, 15) is 19.5 Å². The van der Waals surface area contributed by atoms with Crippen molar-refractivity contribution in [3.8, 4) is 23.0 Å². The van der Waals surface area contributed by atoms with Crippen molar-refractivity contribution in [2.45, 2.75) is 19.4 Å². The molecule has 1 aromatic heterocycles. The maximum atomic E-state index is 12.9. The number of carboxylic acids is 1. The molecule has 0 spiro atoms. The summed E-state index contributed by atoms with van der Waals surface area (Å²) in [6.07, 6.45) is 3.37. The van der Waals surface area contributed by atoms with Crippen LogP contribution in [0.1, 0.15) is 13.3 Å². The number of fused-ring (bicyclic) bond motifs is 1. The minimum absolute atomic E-state index is 0.00217. The standard InChI is InChI=1S/C24H25NO8S/c1-3-30-18-6-4-5-7-19(18)33-21-13-32-20-12-15(8-9-16(20)23(21)27)31-14-22(26)25-17(24(28)29)10-11-34-2/h4-9,12-13,17H,3,10-11,14H2,1-2H3,(H,25,26)(H,28,29). The monoisotopic (exact) mass is 487 g/mol. The summed E-state index contributed by atoms with van der Waals surface area (Å²) in [4.78, 5) is 36.2. The van der Waals surface area contributed by atoms with E-state index in [1.807, 2.05) is 13.2 Å². The van der Waals surface area contributed by atoms with Gasteiger partial charge >= 0.3 is 5.97 Å². The largest absolute Gasteiger partial charge is 0.490 e. The van der Waals surface area contributed by atoms with Crippen LogP contribution in [0.5, 0.6) is 23.0 Å². The van der Waals surface area contributed by atoms with Crippen LogP contribution in [0, 0.1) is 0 Å². The highest BCUT2D eigenvalue weighted by molar-refractivity contribution is 7.98. The third-order valence-corrected chi connectivity index (χ3v) is 5.34. The Morgan fingerprint density at radius 3 is 2.59 bits per heavy atom. The van der Waals surface area contributed by atoms with Crippen molar-refractivity contribution in [1.29, 1.82) is 0 Å². The lowest BCUT2D eigenvalue weighted by Crippen LogP contribution is -2.43. The highest BCUT2D eigenvalue weighted by Gasteiger charge is 2.20. The molecule has 0 saturated carbocycles. The molecule has 34 heavy (non-hydrogen) atoms. The molecule has 2 N–H and O–H groups in total. The summed E-state index contributed by atoms with van der Waals surface area (Å²) in [7, 11) is 0. The molecule has 0 saturated heterocycles. The molecule has 1 heterocycles. The third kappa shape index (κ3) is 6.44. The number of hydrogen-bond donors (Lipinski definition) is 2. The van der Waals surface area contributed by atoms with Crippen molar-refractivity contribution < 1.29 is 33.3 Å². The summed E-state index contributed by atoms with van der Waals surface area (Å²) < 4.78 is 22.3. The van der Waals surface area contributed by atoms with E-state index in [1.54, 1.807) is 24.3 Å². The first-order valence-corrected chi connectivity index (χ1v) is 11.9. The summed E-state index contributed by atoms with van der Waals surface area (Å²) in [6.45, 7) is 1.91. The summed E-state index contributed by atoms with van der Waals surface area (Å²) in [5.74, 6) is 0.118. The zero-order chi connectivity index (χ0) is 24.5. The topological polar surface area (TPSA) is 124 Å². The van der Waals surface area contributed by atoms with Gasteiger partial charge in [-0.2, -0.15) is 11.8 Å². The molecule has 3 rings (SSSR count). The average molecular weight is 488 g/mol. The van der Waals surface area contributed by atoms with Crippen molar-refractivity contribution in [2.75, 3.05) is 25.2 Å². The predicted octanol–water partition coefficient (Wildman–Crippen LogP) is 3.69. The fourth-order valence-electron chi connectivity index (χ4n) is 3.06. The first-order chi connectivity index (χ1) is 16.4. The van der Waals surface area contributed by atoms with E-state index in [2.05, 4.69) is 5.32 Å². The number of ether oxygens (including phenoxy) is 3. The van der Waals surface area contributed by atoms with Crippen molar-refractivity contribution in [3.05, 3.63) is 59.0 Å². The van der Waals surface area contributed by atoms with Gasteiger partial charge in [0.05, 0.1) is 12.0 Å². The minimum atomic E-state index is -1.10. The van der Waals surface area contributed by atoms with Gasteiger partial charge in [0.1, 0.15) is 23.6 Å². The molecule has 180 valence electrons. The van der Waals surface area contributed by atoms with Crippen LogP contribution in [-0.2, 0) is 9.59 Å². The lowest BCUT2D eigenvalue weighted by atomic mass is 10.2. The number of amides is 1. The summed E-state index contributed by atoms with van der Waals surface area (Å²) in [6, 6.07) is 10.5. The van der Waals surface area contributed by atoms with Crippen LogP contribution in [0.4, 0.5) is 0 Å². The van der Waals surface area contributed by atoms with Crippen molar-refractivity contribution in [2.24, 2.45) is 0 Å². The number of benzene rings is 2. The second-order valence-electron chi connectivity index (χ2n) is 7.10. The molecule has 1 unspecified atom stereocenters. The van der Waals surface area contributed by atoms with Crippen LogP contribution < -0.4 is 25.0 Å². The molecule has 0 aliphatic rings. The van der Waals surface area contributed by atoms with E-state index in [1.165, 1.54) is 36.2 Å². The molecule has 0 radical (unpaired) electrons. The molecular formula is C24H25NO8S. The molecule has 10 heteroatoms. The van der Waals surface area contributed by atoms with E-state index >= 15 is 0 Å². The number of hydrogen-bond acceptors (Lipinski definition) is 8. The fourth-order valence-corrected chi connectivity index (χ4v) is 3.53. The van der Waals surface area contributed by atoms with Crippen molar-refractivity contribution >= 4 is 34.6 Å². The van der Waals surface area contributed by atoms with Crippen LogP contribution in [-0.4, -0.2) is 48.2 Å². The lowest BCUT2D eigenvalue weighted by molar-refractivity contribution is -0.142. The molecular weight excluding hydrogens is 462 g/mol. The van der Waals surface area contributed by atoms with Gasteiger partial charge in [0, 0.05) is 6.07 Å². The van der Waals surface area contributed by atoms with Gasteiger partial charge in [-0.3, -0.25) is 9.59 Å². The number of para-hydroxylation sites is 2. The predicted molar refractivity (Wildman–Crippen MR) is 128 cm³/mol. The van der Waals surface area contributed by atoms with Gasteiger partial charge in [0.2, 0.25) is 11.2 Å². The zero-order valence-corrected chi connectivity index (χ0v) is 19.6. The summed E-state index contributed by atoms with van der Waals surface area (Å²) in [5, 5.41) is 11.9. The third-order valence-electron chi connectivity index (χ3n) is 4.70. The van der Waals surface area contributed by atoms with E-state index < -0.39 is 17.9 Å². The van der Waals surface area contributed by atoms with Gasteiger partial charge < -0.3 is 29.1 Å². The lowest BCUT2D eigenvalue weighted by Gasteiger charge is -2.14. The number of carbonyl (C=O) groups is 2.